The second-order valence-corrected chi connectivity index (χ2v) is 4.31. The molecule has 1 aliphatic rings. The quantitative estimate of drug-likeness (QED) is 0.631. The summed E-state index contributed by atoms with van der Waals surface area (Å²) in [6.07, 6.45) is 0. The first-order valence-electron chi connectivity index (χ1n) is 5.94. The minimum atomic E-state index is -0.397. The van der Waals surface area contributed by atoms with Crippen LogP contribution in [0.4, 0.5) is 11.4 Å². The Morgan fingerprint density at radius 2 is 2.06 bits per heavy atom. The number of carbonyl (C=O) groups excluding carboxylic acids is 1. The maximum absolute atomic E-state index is 11.7. The summed E-state index contributed by atoms with van der Waals surface area (Å²) in [7, 11) is 1.36. The van der Waals surface area contributed by atoms with Crippen molar-refractivity contribution in [1.82, 2.24) is 0 Å². The Labute approximate surface area is 106 Å². The van der Waals surface area contributed by atoms with Crippen molar-refractivity contribution in [3.05, 3.63) is 23.3 Å². The minimum absolute atomic E-state index is 0.397. The Kier molecular flexibility index (Phi) is 3.72. The molecule has 0 saturated carbocycles. The third-order valence-electron chi connectivity index (χ3n) is 3.15. The van der Waals surface area contributed by atoms with Crippen LogP contribution in [-0.4, -0.2) is 39.4 Å². The molecule has 1 heterocycles. The molecule has 0 spiro atoms. The number of benzene rings is 1. The van der Waals surface area contributed by atoms with Crippen molar-refractivity contribution in [1.29, 1.82) is 0 Å². The first-order chi connectivity index (χ1) is 8.63. The highest BCUT2D eigenvalue weighted by molar-refractivity contribution is 5.97. The van der Waals surface area contributed by atoms with Crippen molar-refractivity contribution in [2.75, 3.05) is 44.0 Å². The van der Waals surface area contributed by atoms with Crippen LogP contribution in [0.1, 0.15) is 15.9 Å². The van der Waals surface area contributed by atoms with Gasteiger partial charge in [0.1, 0.15) is 0 Å². The second-order valence-electron chi connectivity index (χ2n) is 4.31. The van der Waals surface area contributed by atoms with Gasteiger partial charge in [-0.15, -0.1) is 0 Å². The van der Waals surface area contributed by atoms with E-state index in [2.05, 4.69) is 4.90 Å². The van der Waals surface area contributed by atoms with Crippen LogP contribution in [0, 0.1) is 6.92 Å². The number of methoxy groups -OCH3 is 1. The highest BCUT2D eigenvalue weighted by Crippen LogP contribution is 2.26. The van der Waals surface area contributed by atoms with Gasteiger partial charge in [-0.1, -0.05) is 0 Å². The standard InChI is InChI=1S/C13H18N2O3/c1-9-7-10(15-3-5-18-6-4-15)8-11(12(9)14)13(16)17-2/h7-8H,3-6,14H2,1-2H3. The number of nitrogens with two attached hydrogens (primary N) is 1. The van der Waals surface area contributed by atoms with Crippen LogP contribution in [0.3, 0.4) is 0 Å². The largest absolute Gasteiger partial charge is 0.465 e. The number of hydrogen-bond donors (Lipinski definition) is 1. The van der Waals surface area contributed by atoms with Crippen LogP contribution in [0.2, 0.25) is 0 Å². The number of carbonyl (C=O) groups is 1. The zero-order valence-electron chi connectivity index (χ0n) is 10.7. The topological polar surface area (TPSA) is 64.8 Å². The van der Waals surface area contributed by atoms with E-state index in [9.17, 15) is 4.79 Å². The van der Waals surface area contributed by atoms with Crippen molar-refractivity contribution < 1.29 is 14.3 Å². The van der Waals surface area contributed by atoms with Gasteiger partial charge in [-0.05, 0) is 24.6 Å². The lowest BCUT2D eigenvalue weighted by atomic mass is 10.1. The maximum Gasteiger partial charge on any atom is 0.340 e. The van der Waals surface area contributed by atoms with E-state index in [1.807, 2.05) is 13.0 Å². The first-order valence-corrected chi connectivity index (χ1v) is 5.94. The molecule has 0 aromatic heterocycles. The zero-order valence-corrected chi connectivity index (χ0v) is 10.7. The van der Waals surface area contributed by atoms with Crippen LogP contribution in [0.5, 0.6) is 0 Å². The molecular formula is C13H18N2O3. The summed E-state index contributed by atoms with van der Waals surface area (Å²) in [4.78, 5) is 13.9. The number of aryl methyl sites for hydroxylation is 1. The van der Waals surface area contributed by atoms with Gasteiger partial charge in [-0.25, -0.2) is 4.79 Å². The highest BCUT2D eigenvalue weighted by Gasteiger charge is 2.17. The number of esters is 1. The van der Waals surface area contributed by atoms with E-state index in [1.54, 1.807) is 6.07 Å². The Hall–Kier alpha value is -1.75. The van der Waals surface area contributed by atoms with Crippen LogP contribution in [0.25, 0.3) is 0 Å². The van der Waals surface area contributed by atoms with Crippen molar-refractivity contribution in [3.8, 4) is 0 Å². The number of nitrogen functional groups attached to an aromatic ring is 1. The first kappa shape index (κ1) is 12.7. The smallest absolute Gasteiger partial charge is 0.340 e. The molecule has 98 valence electrons. The number of hydrogen-bond acceptors (Lipinski definition) is 5. The fourth-order valence-corrected chi connectivity index (χ4v) is 2.06. The van der Waals surface area contributed by atoms with Gasteiger partial charge in [0, 0.05) is 24.5 Å². The molecular weight excluding hydrogens is 232 g/mol. The molecule has 1 aromatic rings. The molecule has 5 heteroatoms. The number of nitrogens with zero attached hydrogens (tertiary/aromatic N) is 1. The molecule has 5 nitrogen and oxygen atoms in total. The average Bonchev–Trinajstić information content (AvgIpc) is 2.41. The van der Waals surface area contributed by atoms with Crippen LogP contribution in [-0.2, 0) is 9.47 Å². The Balaban J connectivity index is 2.36. The van der Waals surface area contributed by atoms with Gasteiger partial charge < -0.3 is 20.1 Å². The molecule has 0 amide bonds. The molecule has 0 unspecified atom stereocenters. The van der Waals surface area contributed by atoms with E-state index in [1.165, 1.54) is 7.11 Å². The molecule has 2 rings (SSSR count). The van der Waals surface area contributed by atoms with Crippen molar-refractivity contribution in [2.24, 2.45) is 0 Å². The number of ether oxygens (including phenoxy) is 2. The number of anilines is 2. The summed E-state index contributed by atoms with van der Waals surface area (Å²) < 4.78 is 10.1. The third-order valence-corrected chi connectivity index (χ3v) is 3.15. The highest BCUT2D eigenvalue weighted by atomic mass is 16.5. The number of rotatable bonds is 2. The van der Waals surface area contributed by atoms with Gasteiger partial charge in [0.15, 0.2) is 0 Å². The van der Waals surface area contributed by atoms with Crippen LogP contribution >= 0.6 is 0 Å². The van der Waals surface area contributed by atoms with Crippen LogP contribution in [0.15, 0.2) is 12.1 Å². The van der Waals surface area contributed by atoms with Gasteiger partial charge in [0.05, 0.1) is 25.9 Å². The predicted octanol–water partition coefficient (Wildman–Crippen LogP) is 1.20. The molecule has 1 saturated heterocycles. The van der Waals surface area contributed by atoms with Crippen molar-refractivity contribution >= 4 is 17.3 Å². The van der Waals surface area contributed by atoms with E-state index >= 15 is 0 Å². The monoisotopic (exact) mass is 250 g/mol. The van der Waals surface area contributed by atoms with E-state index in [0.29, 0.717) is 24.5 Å². The average molecular weight is 250 g/mol. The number of morpholine rings is 1. The Morgan fingerprint density at radius 1 is 1.39 bits per heavy atom. The Bertz CT molecular complexity index is 454. The fraction of sp³-hybridized carbons (Fsp3) is 0.462. The molecule has 2 N–H and O–H groups in total. The normalized spacial score (nSPS) is 15.6. The molecule has 1 aliphatic heterocycles. The summed E-state index contributed by atoms with van der Waals surface area (Å²) >= 11 is 0. The summed E-state index contributed by atoms with van der Waals surface area (Å²) in [5.41, 5.74) is 8.71. The lowest BCUT2D eigenvalue weighted by molar-refractivity contribution is 0.0602. The SMILES string of the molecule is COC(=O)c1cc(N2CCOCC2)cc(C)c1N. The predicted molar refractivity (Wildman–Crippen MR) is 70.0 cm³/mol. The summed E-state index contributed by atoms with van der Waals surface area (Å²) in [6.45, 7) is 4.95. The second kappa shape index (κ2) is 5.27. The summed E-state index contributed by atoms with van der Waals surface area (Å²) in [5.74, 6) is -0.397. The van der Waals surface area contributed by atoms with E-state index in [4.69, 9.17) is 15.2 Å². The fourth-order valence-electron chi connectivity index (χ4n) is 2.06. The molecule has 0 radical (unpaired) electrons. The third kappa shape index (κ3) is 2.41. The van der Waals surface area contributed by atoms with Gasteiger partial charge >= 0.3 is 5.97 Å². The van der Waals surface area contributed by atoms with Gasteiger partial charge in [-0.3, -0.25) is 0 Å². The van der Waals surface area contributed by atoms with Crippen molar-refractivity contribution in [3.63, 3.8) is 0 Å². The van der Waals surface area contributed by atoms with Crippen LogP contribution < -0.4 is 10.6 Å². The molecule has 1 fully saturated rings. The van der Waals surface area contributed by atoms with Crippen molar-refractivity contribution in [2.45, 2.75) is 6.92 Å². The van der Waals surface area contributed by atoms with Gasteiger partial charge in [0.25, 0.3) is 0 Å². The molecule has 0 bridgehead atoms. The van der Waals surface area contributed by atoms with Gasteiger partial charge in [-0.2, -0.15) is 0 Å². The maximum atomic E-state index is 11.7. The lowest BCUT2D eigenvalue weighted by Crippen LogP contribution is -2.36. The zero-order chi connectivity index (χ0) is 13.1. The summed E-state index contributed by atoms with van der Waals surface area (Å²) in [6, 6.07) is 3.78. The molecule has 0 aliphatic carbocycles. The molecule has 18 heavy (non-hydrogen) atoms. The minimum Gasteiger partial charge on any atom is -0.465 e. The summed E-state index contributed by atoms with van der Waals surface area (Å²) in [5, 5.41) is 0. The van der Waals surface area contributed by atoms with E-state index in [-0.39, 0.29) is 0 Å². The molecule has 0 atom stereocenters. The Morgan fingerprint density at radius 3 is 2.67 bits per heavy atom. The molecule has 1 aromatic carbocycles. The lowest BCUT2D eigenvalue weighted by Gasteiger charge is -2.29. The van der Waals surface area contributed by atoms with Gasteiger partial charge in [0.2, 0.25) is 0 Å². The van der Waals surface area contributed by atoms with E-state index in [0.717, 1.165) is 24.3 Å². The van der Waals surface area contributed by atoms with E-state index < -0.39 is 5.97 Å².